The van der Waals surface area contributed by atoms with Crippen molar-refractivity contribution in [1.82, 2.24) is 0 Å². The third-order valence-corrected chi connectivity index (χ3v) is 2.53. The van der Waals surface area contributed by atoms with E-state index in [1.54, 1.807) is 0 Å². The smallest absolute Gasteiger partial charge is 0.395 e. The summed E-state index contributed by atoms with van der Waals surface area (Å²) in [7, 11) is 0. The highest BCUT2D eigenvalue weighted by Gasteiger charge is 2.18. The van der Waals surface area contributed by atoms with E-state index in [1.165, 1.54) is 19.1 Å². The summed E-state index contributed by atoms with van der Waals surface area (Å²) in [4.78, 5) is 32.5. The molecule has 2 N–H and O–H groups in total. The Morgan fingerprint density at radius 2 is 1.95 bits per heavy atom. The van der Waals surface area contributed by atoms with Gasteiger partial charge in [0.2, 0.25) is 5.91 Å². The summed E-state index contributed by atoms with van der Waals surface area (Å²) >= 11 is 0. The maximum atomic E-state index is 13.7. The number of amides is 2. The number of anilines is 2. The summed E-state index contributed by atoms with van der Waals surface area (Å²) in [5.74, 6) is -2.88. The van der Waals surface area contributed by atoms with E-state index in [0.29, 0.717) is 0 Å². The maximum Gasteiger partial charge on any atom is 0.433 e. The number of furan rings is 1. The SMILES string of the molecule is CC(=O)Nc1ccc(F)c(NC(=O)c2ccc([N+](=O)[O-])o2)c1. The third kappa shape index (κ3) is 3.45. The normalized spacial score (nSPS) is 10.1. The van der Waals surface area contributed by atoms with Gasteiger partial charge in [-0.3, -0.25) is 19.7 Å². The van der Waals surface area contributed by atoms with E-state index in [4.69, 9.17) is 4.42 Å². The fourth-order valence-corrected chi connectivity index (χ4v) is 1.63. The molecule has 0 aliphatic rings. The molecule has 8 nitrogen and oxygen atoms in total. The summed E-state index contributed by atoms with van der Waals surface area (Å²) in [5.41, 5.74) is 0.0879. The van der Waals surface area contributed by atoms with Crippen LogP contribution in [0.5, 0.6) is 0 Å². The Balaban J connectivity index is 2.19. The molecule has 0 saturated heterocycles. The van der Waals surface area contributed by atoms with Gasteiger partial charge in [-0.15, -0.1) is 0 Å². The Labute approximate surface area is 123 Å². The lowest BCUT2D eigenvalue weighted by Crippen LogP contribution is -2.13. The van der Waals surface area contributed by atoms with Crippen molar-refractivity contribution in [3.8, 4) is 0 Å². The number of nitrogens with zero attached hydrogens (tertiary/aromatic N) is 1. The van der Waals surface area contributed by atoms with Gasteiger partial charge in [0.05, 0.1) is 11.8 Å². The minimum Gasteiger partial charge on any atom is -0.395 e. The molecule has 0 aliphatic carbocycles. The minimum atomic E-state index is -0.855. The van der Waals surface area contributed by atoms with Crippen LogP contribution in [0, 0.1) is 15.9 Å². The van der Waals surface area contributed by atoms with Crippen LogP contribution < -0.4 is 10.6 Å². The number of hydrogen-bond donors (Lipinski definition) is 2. The average molecular weight is 307 g/mol. The second kappa shape index (κ2) is 6.04. The highest BCUT2D eigenvalue weighted by atomic mass is 19.1. The van der Waals surface area contributed by atoms with Crippen LogP contribution in [0.25, 0.3) is 0 Å². The lowest BCUT2D eigenvalue weighted by molar-refractivity contribution is -0.402. The van der Waals surface area contributed by atoms with Crippen molar-refractivity contribution in [3.63, 3.8) is 0 Å². The van der Waals surface area contributed by atoms with E-state index in [2.05, 4.69) is 10.6 Å². The summed E-state index contributed by atoms with van der Waals surface area (Å²) in [5, 5.41) is 15.1. The van der Waals surface area contributed by atoms with Crippen LogP contribution in [0.1, 0.15) is 17.5 Å². The number of carbonyl (C=O) groups excluding carboxylic acids is 2. The summed E-state index contributed by atoms with van der Waals surface area (Å²) in [6.07, 6.45) is 0. The van der Waals surface area contributed by atoms with Gasteiger partial charge in [0, 0.05) is 12.6 Å². The number of nitrogens with one attached hydrogen (secondary N) is 2. The number of benzene rings is 1. The van der Waals surface area contributed by atoms with E-state index >= 15 is 0 Å². The Morgan fingerprint density at radius 1 is 1.23 bits per heavy atom. The Morgan fingerprint density at radius 3 is 2.55 bits per heavy atom. The van der Waals surface area contributed by atoms with Crippen LogP contribution in [-0.2, 0) is 4.79 Å². The first-order valence-corrected chi connectivity index (χ1v) is 5.99. The first-order chi connectivity index (χ1) is 10.4. The molecule has 0 spiro atoms. The Kier molecular flexibility index (Phi) is 4.16. The molecule has 0 fully saturated rings. The van der Waals surface area contributed by atoms with Gasteiger partial charge in [0.25, 0.3) is 5.91 Å². The Bertz CT molecular complexity index is 756. The predicted octanol–water partition coefficient (Wildman–Crippen LogP) is 2.54. The molecular formula is C13H10FN3O5. The van der Waals surface area contributed by atoms with Crippen LogP contribution in [0.15, 0.2) is 34.7 Å². The monoisotopic (exact) mass is 307 g/mol. The topological polar surface area (TPSA) is 114 Å². The summed E-state index contributed by atoms with van der Waals surface area (Å²) < 4.78 is 18.4. The van der Waals surface area contributed by atoms with E-state index in [1.807, 2.05) is 0 Å². The Hall–Kier alpha value is -3.23. The van der Waals surface area contributed by atoms with Gasteiger partial charge in [-0.25, -0.2) is 4.39 Å². The average Bonchev–Trinajstić information content (AvgIpc) is 2.92. The molecule has 2 rings (SSSR count). The third-order valence-electron chi connectivity index (χ3n) is 2.53. The number of nitro groups is 1. The second-order valence-corrected chi connectivity index (χ2v) is 4.22. The number of carbonyl (C=O) groups is 2. The molecule has 1 heterocycles. The van der Waals surface area contributed by atoms with Crippen molar-refractivity contribution in [2.45, 2.75) is 6.92 Å². The van der Waals surface area contributed by atoms with Crippen molar-refractivity contribution >= 4 is 29.1 Å². The largest absolute Gasteiger partial charge is 0.433 e. The zero-order chi connectivity index (χ0) is 16.3. The highest BCUT2D eigenvalue weighted by molar-refractivity contribution is 6.03. The first-order valence-electron chi connectivity index (χ1n) is 5.99. The van der Waals surface area contributed by atoms with Crippen LogP contribution in [0.3, 0.4) is 0 Å². The van der Waals surface area contributed by atoms with Gasteiger partial charge in [-0.2, -0.15) is 0 Å². The number of hydrogen-bond acceptors (Lipinski definition) is 5. The molecule has 1 aromatic carbocycles. The van der Waals surface area contributed by atoms with Crippen LogP contribution in [0.2, 0.25) is 0 Å². The molecule has 1 aromatic heterocycles. The molecule has 0 atom stereocenters. The van der Waals surface area contributed by atoms with Gasteiger partial charge in [-0.1, -0.05) is 0 Å². The van der Waals surface area contributed by atoms with Gasteiger partial charge in [0.1, 0.15) is 10.7 Å². The molecule has 22 heavy (non-hydrogen) atoms. The highest BCUT2D eigenvalue weighted by Crippen LogP contribution is 2.22. The first kappa shape index (κ1) is 15.2. The molecule has 0 bridgehead atoms. The molecule has 0 saturated carbocycles. The molecule has 114 valence electrons. The van der Waals surface area contributed by atoms with Gasteiger partial charge in [-0.05, 0) is 24.3 Å². The van der Waals surface area contributed by atoms with Crippen molar-refractivity contribution in [3.05, 3.63) is 52.0 Å². The zero-order valence-corrected chi connectivity index (χ0v) is 11.3. The number of halogens is 1. The molecule has 0 aliphatic heterocycles. The van der Waals surface area contributed by atoms with E-state index in [9.17, 15) is 24.1 Å². The number of rotatable bonds is 4. The summed E-state index contributed by atoms with van der Waals surface area (Å²) in [6, 6.07) is 5.71. The quantitative estimate of drug-likeness (QED) is 0.665. The fourth-order valence-electron chi connectivity index (χ4n) is 1.63. The lowest BCUT2D eigenvalue weighted by atomic mass is 10.2. The molecule has 2 aromatic rings. The van der Waals surface area contributed by atoms with Crippen LogP contribution in [-0.4, -0.2) is 16.7 Å². The molecule has 0 unspecified atom stereocenters. The predicted molar refractivity (Wildman–Crippen MR) is 74.0 cm³/mol. The lowest BCUT2D eigenvalue weighted by Gasteiger charge is -2.08. The van der Waals surface area contributed by atoms with E-state index < -0.39 is 22.5 Å². The second-order valence-electron chi connectivity index (χ2n) is 4.22. The van der Waals surface area contributed by atoms with Crippen molar-refractivity contribution < 1.29 is 23.3 Å². The van der Waals surface area contributed by atoms with Crippen molar-refractivity contribution in [1.29, 1.82) is 0 Å². The van der Waals surface area contributed by atoms with Crippen molar-refractivity contribution in [2.24, 2.45) is 0 Å². The van der Waals surface area contributed by atoms with E-state index in [-0.39, 0.29) is 23.0 Å². The summed E-state index contributed by atoms with van der Waals surface area (Å²) in [6.45, 7) is 1.28. The minimum absolute atomic E-state index is 0.199. The zero-order valence-electron chi connectivity index (χ0n) is 11.3. The molecule has 0 radical (unpaired) electrons. The molecule has 2 amide bonds. The van der Waals surface area contributed by atoms with Crippen molar-refractivity contribution in [2.75, 3.05) is 10.6 Å². The van der Waals surface area contributed by atoms with Gasteiger partial charge in [0.15, 0.2) is 5.76 Å². The fraction of sp³-hybridized carbons (Fsp3) is 0.0769. The van der Waals surface area contributed by atoms with E-state index in [0.717, 1.165) is 18.2 Å². The molecular weight excluding hydrogens is 297 g/mol. The van der Waals surface area contributed by atoms with Crippen LogP contribution in [0.4, 0.5) is 21.6 Å². The van der Waals surface area contributed by atoms with Crippen LogP contribution >= 0.6 is 0 Å². The maximum absolute atomic E-state index is 13.7. The van der Waals surface area contributed by atoms with Gasteiger partial charge >= 0.3 is 5.88 Å². The molecule has 9 heteroatoms. The standard InChI is InChI=1S/C13H10FN3O5/c1-7(18)15-8-2-3-9(14)10(6-8)16-13(19)11-4-5-12(22-11)17(20)21/h2-6H,1H3,(H,15,18)(H,16,19). The van der Waals surface area contributed by atoms with Gasteiger partial charge < -0.3 is 15.1 Å².